The van der Waals surface area contributed by atoms with Crippen molar-refractivity contribution in [2.45, 2.75) is 60.2 Å². The monoisotopic (exact) mass is 721 g/mol. The standard InChI is InChI=1S/C36H39N11O6/c1-5-24-30(53-21(4)39-24)34(52)43-36-41-26-18-23(32(38)50)15-19(2)29(26)46(36)12-7-6-11-45-27-10-9-22(31(37)49)17-25(27)40-35(45)42-33(51)28-16-20(3)44-47(28)13-8-14-48/h6-7,9-10,15-18,48H,5,8,11-14H2,1-4H3,(H2,37,49)(H2,38,50)(H,40,42,51)(H,41,43,52). The Hall–Kier alpha value is -6.62. The highest BCUT2D eigenvalue weighted by molar-refractivity contribution is 6.04. The van der Waals surface area contributed by atoms with Crippen LogP contribution in [-0.2, 0) is 26.1 Å². The number of aliphatic hydroxyl groups is 1. The van der Waals surface area contributed by atoms with Gasteiger partial charge >= 0.3 is 0 Å². The van der Waals surface area contributed by atoms with Crippen LogP contribution in [0.5, 0.6) is 0 Å². The number of hydrogen-bond acceptors (Lipinski definition) is 10. The van der Waals surface area contributed by atoms with Crippen molar-refractivity contribution in [2.75, 3.05) is 17.2 Å². The summed E-state index contributed by atoms with van der Waals surface area (Å²) in [5.74, 6) is -1.33. The Kier molecular flexibility index (Phi) is 10.2. The van der Waals surface area contributed by atoms with Gasteiger partial charge in [0.1, 0.15) is 5.69 Å². The molecule has 0 aliphatic carbocycles. The molecule has 0 aliphatic rings. The summed E-state index contributed by atoms with van der Waals surface area (Å²) >= 11 is 0. The van der Waals surface area contributed by atoms with Crippen LogP contribution in [0.3, 0.4) is 0 Å². The summed E-state index contributed by atoms with van der Waals surface area (Å²) in [5, 5.41) is 19.4. The lowest BCUT2D eigenvalue weighted by atomic mass is 10.1. The third-order valence-corrected chi connectivity index (χ3v) is 8.55. The lowest BCUT2D eigenvalue weighted by molar-refractivity contribution is 0.0987. The fourth-order valence-corrected chi connectivity index (χ4v) is 6.15. The zero-order chi connectivity index (χ0) is 38.0. The molecule has 4 heterocycles. The number of primary amides is 2. The molecule has 4 amide bonds. The first-order chi connectivity index (χ1) is 25.4. The van der Waals surface area contributed by atoms with Crippen LogP contribution < -0.4 is 22.1 Å². The zero-order valence-electron chi connectivity index (χ0n) is 29.6. The topological polar surface area (TPSA) is 244 Å². The van der Waals surface area contributed by atoms with Gasteiger partial charge in [0.15, 0.2) is 5.89 Å². The largest absolute Gasteiger partial charge is 0.436 e. The van der Waals surface area contributed by atoms with E-state index in [-0.39, 0.29) is 48.5 Å². The number of carbonyl (C=O) groups excluding carboxylic acids is 4. The van der Waals surface area contributed by atoms with E-state index in [1.165, 1.54) is 4.68 Å². The van der Waals surface area contributed by atoms with E-state index in [9.17, 15) is 24.3 Å². The number of fused-ring (bicyclic) bond motifs is 2. The first-order valence-electron chi connectivity index (χ1n) is 16.9. The van der Waals surface area contributed by atoms with Crippen molar-refractivity contribution in [3.63, 3.8) is 0 Å². The lowest BCUT2D eigenvalue weighted by Crippen LogP contribution is -2.20. The molecular formula is C36H39N11O6. The van der Waals surface area contributed by atoms with Gasteiger partial charge in [-0.3, -0.25) is 34.5 Å². The van der Waals surface area contributed by atoms with Gasteiger partial charge in [0.25, 0.3) is 11.8 Å². The van der Waals surface area contributed by atoms with E-state index >= 15 is 0 Å². The summed E-state index contributed by atoms with van der Waals surface area (Å²) < 4.78 is 10.7. The molecular weight excluding hydrogens is 682 g/mol. The van der Waals surface area contributed by atoms with Crippen molar-refractivity contribution in [3.05, 3.63) is 94.0 Å². The van der Waals surface area contributed by atoms with Gasteiger partial charge in [0.05, 0.1) is 33.5 Å². The van der Waals surface area contributed by atoms with Gasteiger partial charge in [-0.15, -0.1) is 0 Å². The minimum absolute atomic E-state index is 0.0536. The van der Waals surface area contributed by atoms with Gasteiger partial charge in [0.2, 0.25) is 29.5 Å². The summed E-state index contributed by atoms with van der Waals surface area (Å²) in [4.78, 5) is 64.5. The van der Waals surface area contributed by atoms with Crippen LogP contribution in [0.15, 0.2) is 53.0 Å². The minimum atomic E-state index is -0.617. The van der Waals surface area contributed by atoms with E-state index in [4.69, 9.17) is 15.9 Å². The SMILES string of the molecule is CCc1nc(C)oc1C(=O)Nc1nc2cc(C(N)=O)cc(C)c2n1CC=CCn1c(NC(=O)c2cc(C)nn2CCCO)nc2cc(C(N)=O)ccc21. The number of nitrogens with two attached hydrogens (primary N) is 2. The molecule has 6 rings (SSSR count). The smallest absolute Gasteiger partial charge is 0.295 e. The number of nitrogens with zero attached hydrogens (tertiary/aromatic N) is 7. The Morgan fingerprint density at radius 2 is 1.51 bits per heavy atom. The van der Waals surface area contributed by atoms with Crippen molar-refractivity contribution >= 4 is 57.6 Å². The highest BCUT2D eigenvalue weighted by atomic mass is 16.4. The number of anilines is 2. The molecule has 0 radical (unpaired) electrons. The van der Waals surface area contributed by atoms with Crippen LogP contribution in [0.4, 0.5) is 11.9 Å². The fraction of sp³-hybridized carbons (Fsp3) is 0.278. The van der Waals surface area contributed by atoms with Crippen molar-refractivity contribution in [1.29, 1.82) is 0 Å². The summed E-state index contributed by atoms with van der Waals surface area (Å²) in [6.45, 7) is 7.90. The molecule has 0 aliphatic heterocycles. The number of rotatable bonds is 14. The van der Waals surface area contributed by atoms with Crippen LogP contribution in [0, 0.1) is 20.8 Å². The third kappa shape index (κ3) is 7.41. The van der Waals surface area contributed by atoms with E-state index in [1.807, 2.05) is 26.0 Å². The van der Waals surface area contributed by atoms with Gasteiger partial charge in [-0.2, -0.15) is 5.10 Å². The van der Waals surface area contributed by atoms with Crippen molar-refractivity contribution < 1.29 is 28.7 Å². The number of aryl methyl sites for hydroxylation is 5. The molecule has 17 nitrogen and oxygen atoms in total. The minimum Gasteiger partial charge on any atom is -0.436 e. The van der Waals surface area contributed by atoms with Crippen molar-refractivity contribution in [2.24, 2.45) is 11.5 Å². The molecule has 0 unspecified atom stereocenters. The number of amides is 4. The normalized spacial score (nSPS) is 11.6. The summed E-state index contributed by atoms with van der Waals surface area (Å²) in [6.07, 6.45) is 4.62. The number of hydrogen-bond donors (Lipinski definition) is 5. The number of benzene rings is 2. The van der Waals surface area contributed by atoms with Gasteiger partial charge in [-0.05, 0) is 68.7 Å². The molecule has 0 saturated carbocycles. The van der Waals surface area contributed by atoms with Crippen LogP contribution >= 0.6 is 0 Å². The van der Waals surface area contributed by atoms with E-state index in [0.717, 1.165) is 0 Å². The number of aromatic nitrogens is 7. The molecule has 0 fully saturated rings. The molecule has 0 atom stereocenters. The number of carbonyl (C=O) groups is 4. The Labute approximate surface area is 302 Å². The molecule has 274 valence electrons. The second kappa shape index (κ2) is 14.9. The molecule has 0 spiro atoms. The molecule has 7 N–H and O–H groups in total. The van der Waals surface area contributed by atoms with E-state index < -0.39 is 23.6 Å². The maximum Gasteiger partial charge on any atom is 0.295 e. The van der Waals surface area contributed by atoms with Crippen molar-refractivity contribution in [3.8, 4) is 0 Å². The number of nitrogens with one attached hydrogen (secondary N) is 2. The summed E-state index contributed by atoms with van der Waals surface area (Å²) in [7, 11) is 0. The molecule has 0 bridgehead atoms. The Balaban J connectivity index is 1.33. The molecule has 53 heavy (non-hydrogen) atoms. The van der Waals surface area contributed by atoms with E-state index in [1.54, 1.807) is 59.4 Å². The quantitative estimate of drug-likeness (QED) is 0.103. The zero-order valence-corrected chi connectivity index (χ0v) is 29.6. The lowest BCUT2D eigenvalue weighted by Gasteiger charge is -2.11. The predicted octanol–water partition coefficient (Wildman–Crippen LogP) is 3.40. The Morgan fingerprint density at radius 1 is 0.849 bits per heavy atom. The van der Waals surface area contributed by atoms with Gasteiger partial charge < -0.3 is 30.1 Å². The molecule has 17 heteroatoms. The van der Waals surface area contributed by atoms with E-state index in [2.05, 4.69) is 30.7 Å². The van der Waals surface area contributed by atoms with Gasteiger partial charge in [0, 0.05) is 44.3 Å². The van der Waals surface area contributed by atoms with Crippen LogP contribution in [0.2, 0.25) is 0 Å². The first-order valence-corrected chi connectivity index (χ1v) is 16.9. The number of imidazole rings is 2. The summed E-state index contributed by atoms with van der Waals surface area (Å²) in [6, 6.07) is 9.73. The molecule has 4 aromatic heterocycles. The summed E-state index contributed by atoms with van der Waals surface area (Å²) in [5.41, 5.74) is 16.0. The Bertz CT molecular complexity index is 2430. The molecule has 2 aromatic carbocycles. The van der Waals surface area contributed by atoms with E-state index in [0.29, 0.717) is 70.0 Å². The maximum atomic E-state index is 13.5. The highest BCUT2D eigenvalue weighted by Crippen LogP contribution is 2.27. The average Bonchev–Trinajstić information content (AvgIpc) is 3.87. The predicted molar refractivity (Wildman–Crippen MR) is 196 cm³/mol. The second-order valence-electron chi connectivity index (χ2n) is 12.4. The maximum absolute atomic E-state index is 13.5. The number of aliphatic hydroxyl groups excluding tert-OH is 1. The average molecular weight is 722 g/mol. The molecule has 6 aromatic rings. The Morgan fingerprint density at radius 3 is 2.21 bits per heavy atom. The van der Waals surface area contributed by atoms with Gasteiger partial charge in [-0.1, -0.05) is 19.1 Å². The number of allylic oxidation sites excluding steroid dienone is 2. The number of oxazole rings is 1. The second-order valence-corrected chi connectivity index (χ2v) is 12.4. The van der Waals surface area contributed by atoms with Crippen LogP contribution in [0.1, 0.15) is 77.9 Å². The van der Waals surface area contributed by atoms with Crippen molar-refractivity contribution in [1.82, 2.24) is 33.9 Å². The van der Waals surface area contributed by atoms with Gasteiger partial charge in [-0.25, -0.2) is 15.0 Å². The first kappa shape index (κ1) is 36.2. The third-order valence-electron chi connectivity index (χ3n) is 8.55. The van der Waals surface area contributed by atoms with Crippen LogP contribution in [-0.4, -0.2) is 69.2 Å². The molecule has 0 saturated heterocycles. The highest BCUT2D eigenvalue weighted by Gasteiger charge is 2.23. The van der Waals surface area contributed by atoms with Crippen LogP contribution in [0.25, 0.3) is 22.1 Å². The fourth-order valence-electron chi connectivity index (χ4n) is 6.15.